The summed E-state index contributed by atoms with van der Waals surface area (Å²) in [5.74, 6) is 0.615. The molecule has 180 valence electrons. The number of benzene rings is 1. The van der Waals surface area contributed by atoms with E-state index in [2.05, 4.69) is 31.9 Å². The Bertz CT molecular complexity index is 981. The Morgan fingerprint density at radius 2 is 1.68 bits per heavy atom. The van der Waals surface area contributed by atoms with Gasteiger partial charge in [-0.2, -0.15) is 0 Å². The van der Waals surface area contributed by atoms with E-state index in [-0.39, 0.29) is 24.0 Å². The molecule has 3 fully saturated rings. The van der Waals surface area contributed by atoms with Crippen molar-refractivity contribution < 1.29 is 14.3 Å². The fraction of sp³-hybridized carbons (Fsp3) is 0.520. The van der Waals surface area contributed by atoms with Crippen molar-refractivity contribution in [2.75, 3.05) is 37.7 Å². The van der Waals surface area contributed by atoms with Gasteiger partial charge in [0.2, 0.25) is 17.8 Å². The molecule has 5 rings (SSSR count). The summed E-state index contributed by atoms with van der Waals surface area (Å²) >= 11 is 6.08. The molecule has 3 saturated heterocycles. The number of hydrogen-bond donors (Lipinski definition) is 0. The van der Waals surface area contributed by atoms with Crippen molar-refractivity contribution >= 4 is 29.4 Å². The first-order valence-electron chi connectivity index (χ1n) is 12.0. The Morgan fingerprint density at radius 3 is 2.35 bits per heavy atom. The second-order valence-corrected chi connectivity index (χ2v) is 9.74. The van der Waals surface area contributed by atoms with Gasteiger partial charge in [-0.05, 0) is 43.0 Å². The smallest absolute Gasteiger partial charge is 0.229 e. The molecule has 4 heterocycles. The number of aromatic nitrogens is 2. The van der Waals surface area contributed by atoms with Gasteiger partial charge in [0.1, 0.15) is 0 Å². The average Bonchev–Trinajstić information content (AvgIpc) is 3.19. The SMILES string of the molecule is O=C1CCC(=O)N1CC1CN(C2CCN(c3ncccn3)CC2)C(Cc2ccc(Cl)cc2)CO1. The summed E-state index contributed by atoms with van der Waals surface area (Å²) in [6.45, 7) is 3.42. The van der Waals surface area contributed by atoms with Crippen LogP contribution in [0.25, 0.3) is 0 Å². The lowest BCUT2D eigenvalue weighted by Gasteiger charge is -2.47. The first kappa shape index (κ1) is 23.2. The maximum Gasteiger partial charge on any atom is 0.229 e. The number of likely N-dealkylation sites (tertiary alicyclic amines) is 1. The lowest BCUT2D eigenvalue weighted by atomic mass is 9.96. The van der Waals surface area contributed by atoms with Crippen molar-refractivity contribution in [3.63, 3.8) is 0 Å². The van der Waals surface area contributed by atoms with Crippen LogP contribution in [0.2, 0.25) is 5.02 Å². The van der Waals surface area contributed by atoms with E-state index in [0.717, 1.165) is 43.3 Å². The van der Waals surface area contributed by atoms with E-state index in [0.29, 0.717) is 38.6 Å². The molecule has 9 heteroatoms. The largest absolute Gasteiger partial charge is 0.373 e. The van der Waals surface area contributed by atoms with E-state index in [1.807, 2.05) is 18.2 Å². The Labute approximate surface area is 204 Å². The highest BCUT2D eigenvalue weighted by Crippen LogP contribution is 2.27. The first-order chi connectivity index (χ1) is 16.6. The van der Waals surface area contributed by atoms with Crippen LogP contribution in [-0.2, 0) is 20.7 Å². The normalized spacial score (nSPS) is 24.7. The molecular weight excluding hydrogens is 454 g/mol. The molecule has 0 aliphatic carbocycles. The molecule has 2 atom stereocenters. The van der Waals surface area contributed by atoms with Gasteiger partial charge in [0.25, 0.3) is 0 Å². The number of amides is 2. The summed E-state index contributed by atoms with van der Waals surface area (Å²) in [6.07, 6.45) is 6.90. The van der Waals surface area contributed by atoms with E-state index >= 15 is 0 Å². The van der Waals surface area contributed by atoms with Gasteiger partial charge in [0.05, 0.1) is 19.3 Å². The topological polar surface area (TPSA) is 78.9 Å². The van der Waals surface area contributed by atoms with E-state index < -0.39 is 0 Å². The van der Waals surface area contributed by atoms with Crippen LogP contribution in [0.5, 0.6) is 0 Å². The second kappa shape index (κ2) is 10.4. The molecule has 0 spiro atoms. The molecule has 2 amide bonds. The van der Waals surface area contributed by atoms with Gasteiger partial charge < -0.3 is 9.64 Å². The summed E-state index contributed by atoms with van der Waals surface area (Å²) in [4.78, 5) is 39.3. The lowest BCUT2D eigenvalue weighted by Crippen LogP contribution is -2.59. The van der Waals surface area contributed by atoms with Crippen LogP contribution >= 0.6 is 11.6 Å². The Kier molecular flexibility index (Phi) is 7.08. The molecule has 0 N–H and O–H groups in total. The van der Waals surface area contributed by atoms with Crippen LogP contribution in [0.15, 0.2) is 42.7 Å². The number of hydrogen-bond acceptors (Lipinski definition) is 7. The number of carbonyl (C=O) groups excluding carboxylic acids is 2. The Morgan fingerprint density at radius 1 is 1.00 bits per heavy atom. The van der Waals surface area contributed by atoms with Gasteiger partial charge in [0, 0.05) is 62.0 Å². The summed E-state index contributed by atoms with van der Waals surface area (Å²) in [5.41, 5.74) is 1.22. The van der Waals surface area contributed by atoms with Gasteiger partial charge >= 0.3 is 0 Å². The predicted octanol–water partition coefficient (Wildman–Crippen LogP) is 2.56. The standard InChI is InChI=1S/C25H30ClN5O3/c26-19-4-2-18(3-5-19)14-21-17-34-22(16-31-23(32)6-7-24(31)33)15-30(21)20-8-12-29(13-9-20)25-27-10-1-11-28-25/h1-5,10-11,20-22H,6-9,12-17H2. The van der Waals surface area contributed by atoms with Crippen molar-refractivity contribution in [1.82, 2.24) is 19.8 Å². The van der Waals surface area contributed by atoms with Gasteiger partial charge in [-0.25, -0.2) is 9.97 Å². The number of halogens is 1. The molecule has 0 radical (unpaired) electrons. The maximum absolute atomic E-state index is 12.2. The predicted molar refractivity (Wildman–Crippen MR) is 129 cm³/mol. The van der Waals surface area contributed by atoms with Gasteiger partial charge in [-0.1, -0.05) is 23.7 Å². The van der Waals surface area contributed by atoms with Crippen LogP contribution in [0.4, 0.5) is 5.95 Å². The lowest BCUT2D eigenvalue weighted by molar-refractivity contribution is -0.144. The molecule has 34 heavy (non-hydrogen) atoms. The molecule has 2 unspecified atom stereocenters. The zero-order valence-corrected chi connectivity index (χ0v) is 19.9. The van der Waals surface area contributed by atoms with Crippen LogP contribution in [-0.4, -0.2) is 82.6 Å². The van der Waals surface area contributed by atoms with Crippen LogP contribution in [0.1, 0.15) is 31.2 Å². The fourth-order valence-electron chi connectivity index (χ4n) is 5.29. The van der Waals surface area contributed by atoms with Crippen LogP contribution in [0, 0.1) is 0 Å². The molecule has 8 nitrogen and oxygen atoms in total. The second-order valence-electron chi connectivity index (χ2n) is 9.30. The average molecular weight is 484 g/mol. The molecule has 2 aromatic rings. The maximum atomic E-state index is 12.2. The summed E-state index contributed by atoms with van der Waals surface area (Å²) in [6, 6.07) is 10.5. The highest BCUT2D eigenvalue weighted by molar-refractivity contribution is 6.30. The Balaban J connectivity index is 1.28. The highest BCUT2D eigenvalue weighted by atomic mass is 35.5. The van der Waals surface area contributed by atoms with Crippen molar-refractivity contribution in [3.05, 3.63) is 53.3 Å². The van der Waals surface area contributed by atoms with Gasteiger partial charge in [-0.15, -0.1) is 0 Å². The third-order valence-corrected chi connectivity index (χ3v) is 7.35. The highest BCUT2D eigenvalue weighted by Gasteiger charge is 2.38. The van der Waals surface area contributed by atoms with E-state index in [1.165, 1.54) is 10.5 Å². The first-order valence-corrected chi connectivity index (χ1v) is 12.4. The Hall–Kier alpha value is -2.55. The summed E-state index contributed by atoms with van der Waals surface area (Å²) in [5, 5.41) is 0.732. The van der Waals surface area contributed by atoms with Gasteiger partial charge in [-0.3, -0.25) is 19.4 Å². The van der Waals surface area contributed by atoms with Crippen LogP contribution < -0.4 is 4.90 Å². The van der Waals surface area contributed by atoms with Gasteiger partial charge in [0.15, 0.2) is 0 Å². The van der Waals surface area contributed by atoms with E-state index in [9.17, 15) is 9.59 Å². The van der Waals surface area contributed by atoms with E-state index in [1.54, 1.807) is 12.4 Å². The minimum absolute atomic E-state index is 0.0837. The monoisotopic (exact) mass is 483 g/mol. The molecule has 0 saturated carbocycles. The van der Waals surface area contributed by atoms with Crippen molar-refractivity contribution in [1.29, 1.82) is 0 Å². The number of nitrogens with zero attached hydrogens (tertiary/aromatic N) is 5. The summed E-state index contributed by atoms with van der Waals surface area (Å²) < 4.78 is 6.21. The zero-order chi connectivity index (χ0) is 23.5. The van der Waals surface area contributed by atoms with Crippen molar-refractivity contribution in [2.45, 2.75) is 50.3 Å². The third kappa shape index (κ3) is 5.24. The summed E-state index contributed by atoms with van der Waals surface area (Å²) in [7, 11) is 0. The zero-order valence-electron chi connectivity index (χ0n) is 19.2. The van der Waals surface area contributed by atoms with Crippen molar-refractivity contribution in [2.24, 2.45) is 0 Å². The molecule has 0 bridgehead atoms. The quantitative estimate of drug-likeness (QED) is 0.584. The molecule has 3 aliphatic rings. The molecule has 3 aliphatic heterocycles. The number of morpholine rings is 1. The van der Waals surface area contributed by atoms with E-state index in [4.69, 9.17) is 16.3 Å². The number of anilines is 1. The number of carbonyl (C=O) groups is 2. The number of piperidine rings is 1. The number of ether oxygens (including phenoxy) is 1. The number of imide groups is 1. The minimum Gasteiger partial charge on any atom is -0.373 e. The fourth-order valence-corrected chi connectivity index (χ4v) is 5.41. The van der Waals surface area contributed by atoms with Crippen LogP contribution in [0.3, 0.4) is 0 Å². The minimum atomic E-state index is -0.164. The molecule has 1 aromatic heterocycles. The number of rotatable bonds is 6. The van der Waals surface area contributed by atoms with Crippen molar-refractivity contribution in [3.8, 4) is 0 Å². The molecular formula is C25H30ClN5O3. The molecule has 1 aromatic carbocycles. The third-order valence-electron chi connectivity index (χ3n) is 7.10.